The van der Waals surface area contributed by atoms with Gasteiger partial charge in [-0.3, -0.25) is 0 Å². The maximum Gasteiger partial charge on any atom is 0.0611 e. The van der Waals surface area contributed by atoms with Gasteiger partial charge in [-0.1, -0.05) is 0 Å². The van der Waals surface area contributed by atoms with Crippen molar-refractivity contribution in [2.24, 2.45) is 5.73 Å². The van der Waals surface area contributed by atoms with E-state index in [1.807, 2.05) is 0 Å². The maximum absolute atomic E-state index is 9.10. The van der Waals surface area contributed by atoms with Crippen LogP contribution in [0.2, 0.25) is 0 Å². The Kier molecular flexibility index (Phi) is 2.28. The number of hydrogen-bond acceptors (Lipinski definition) is 3. The third-order valence-electron chi connectivity index (χ3n) is 2.27. The molecule has 3 heteroatoms. The highest BCUT2D eigenvalue weighted by molar-refractivity contribution is 4.88. The van der Waals surface area contributed by atoms with E-state index < -0.39 is 5.54 Å². The Labute approximate surface area is 60.9 Å². The predicted molar refractivity (Wildman–Crippen MR) is 38.5 cm³/mol. The molecule has 10 heavy (non-hydrogen) atoms. The molecule has 0 aromatic rings. The molecule has 0 aliphatic heterocycles. The second-order valence-electron chi connectivity index (χ2n) is 3.25. The number of nitrogens with two attached hydrogens (primary N) is 1. The molecular weight excluding hydrogens is 130 g/mol. The van der Waals surface area contributed by atoms with Crippen LogP contribution in [0.4, 0.5) is 0 Å². The van der Waals surface area contributed by atoms with Crippen molar-refractivity contribution in [1.82, 2.24) is 0 Å². The van der Waals surface area contributed by atoms with Crippen LogP contribution < -0.4 is 5.73 Å². The lowest BCUT2D eigenvalue weighted by atomic mass is 9.82. The summed E-state index contributed by atoms with van der Waals surface area (Å²) in [5.41, 5.74) is 5.36. The van der Waals surface area contributed by atoms with E-state index in [1.165, 1.54) is 0 Å². The van der Waals surface area contributed by atoms with Gasteiger partial charge < -0.3 is 15.9 Å². The molecule has 0 saturated heterocycles. The summed E-state index contributed by atoms with van der Waals surface area (Å²) in [5.74, 6) is 0. The van der Waals surface area contributed by atoms with Gasteiger partial charge in [0.2, 0.25) is 0 Å². The average molecular weight is 145 g/mol. The molecule has 0 radical (unpaired) electrons. The molecule has 1 fully saturated rings. The van der Waals surface area contributed by atoms with E-state index in [9.17, 15) is 0 Å². The monoisotopic (exact) mass is 145 g/mol. The van der Waals surface area contributed by atoms with Crippen molar-refractivity contribution in [3.63, 3.8) is 0 Å². The van der Waals surface area contributed by atoms with Crippen LogP contribution in [-0.4, -0.2) is 28.5 Å². The summed E-state index contributed by atoms with van der Waals surface area (Å²) in [6.45, 7) is 0.0414. The molecule has 3 nitrogen and oxygen atoms in total. The van der Waals surface area contributed by atoms with Crippen molar-refractivity contribution in [3.8, 4) is 0 Å². The highest BCUT2D eigenvalue weighted by Crippen LogP contribution is 2.25. The first kappa shape index (κ1) is 7.98. The molecule has 1 aliphatic rings. The first-order chi connectivity index (χ1) is 4.66. The van der Waals surface area contributed by atoms with Gasteiger partial charge in [0, 0.05) is 5.54 Å². The lowest BCUT2D eigenvalue weighted by Crippen LogP contribution is -2.47. The number of aliphatic hydroxyl groups excluding tert-OH is 2. The SMILES string of the molecule is NC1(CO)CCC(O)CC1. The lowest BCUT2D eigenvalue weighted by Gasteiger charge is -2.33. The Balaban J connectivity index is 2.38. The number of rotatable bonds is 1. The summed E-state index contributed by atoms with van der Waals surface area (Å²) < 4.78 is 0. The summed E-state index contributed by atoms with van der Waals surface area (Å²) >= 11 is 0. The molecular formula is C7H15NO2. The zero-order valence-corrected chi connectivity index (χ0v) is 6.08. The third kappa shape index (κ3) is 1.68. The van der Waals surface area contributed by atoms with E-state index in [-0.39, 0.29) is 12.7 Å². The van der Waals surface area contributed by atoms with Crippen LogP contribution in [-0.2, 0) is 0 Å². The highest BCUT2D eigenvalue weighted by Gasteiger charge is 2.29. The first-order valence-electron chi connectivity index (χ1n) is 3.74. The van der Waals surface area contributed by atoms with Gasteiger partial charge in [-0.05, 0) is 25.7 Å². The Bertz CT molecular complexity index is 108. The molecule has 0 aromatic heterocycles. The third-order valence-corrected chi connectivity index (χ3v) is 2.27. The fourth-order valence-electron chi connectivity index (χ4n) is 1.34. The fourth-order valence-corrected chi connectivity index (χ4v) is 1.34. The van der Waals surface area contributed by atoms with Crippen LogP contribution in [0.25, 0.3) is 0 Å². The Morgan fingerprint density at radius 2 is 1.90 bits per heavy atom. The van der Waals surface area contributed by atoms with E-state index in [4.69, 9.17) is 15.9 Å². The minimum Gasteiger partial charge on any atom is -0.394 e. The molecule has 0 aromatic carbocycles. The summed E-state index contributed by atoms with van der Waals surface area (Å²) in [6, 6.07) is 0. The van der Waals surface area contributed by atoms with Crippen LogP contribution in [0, 0.1) is 0 Å². The predicted octanol–water partition coefficient (Wildman–Crippen LogP) is -0.389. The fraction of sp³-hybridized carbons (Fsp3) is 1.00. The molecule has 0 spiro atoms. The second-order valence-corrected chi connectivity index (χ2v) is 3.25. The molecule has 4 N–H and O–H groups in total. The molecule has 0 heterocycles. The van der Waals surface area contributed by atoms with Gasteiger partial charge in [0.25, 0.3) is 0 Å². The Morgan fingerprint density at radius 1 is 1.40 bits per heavy atom. The summed E-state index contributed by atoms with van der Waals surface area (Å²) in [6.07, 6.45) is 2.76. The summed E-state index contributed by atoms with van der Waals surface area (Å²) in [4.78, 5) is 0. The van der Waals surface area contributed by atoms with Crippen molar-refractivity contribution in [3.05, 3.63) is 0 Å². The quantitative estimate of drug-likeness (QED) is 0.471. The van der Waals surface area contributed by atoms with Crippen LogP contribution in [0.1, 0.15) is 25.7 Å². The van der Waals surface area contributed by atoms with E-state index in [0.29, 0.717) is 0 Å². The topological polar surface area (TPSA) is 66.5 Å². The zero-order chi connectivity index (χ0) is 7.61. The Morgan fingerprint density at radius 3 is 2.30 bits per heavy atom. The van der Waals surface area contributed by atoms with Crippen LogP contribution >= 0.6 is 0 Å². The van der Waals surface area contributed by atoms with Gasteiger partial charge in [-0.25, -0.2) is 0 Å². The van der Waals surface area contributed by atoms with Crippen molar-refractivity contribution in [1.29, 1.82) is 0 Å². The molecule has 60 valence electrons. The smallest absolute Gasteiger partial charge is 0.0611 e. The standard InChI is InChI=1S/C7H15NO2/c8-7(5-9)3-1-6(10)2-4-7/h6,9-10H,1-5,8H2. The Hall–Kier alpha value is -0.120. The second kappa shape index (κ2) is 2.86. The maximum atomic E-state index is 9.10. The highest BCUT2D eigenvalue weighted by atomic mass is 16.3. The van der Waals surface area contributed by atoms with Crippen molar-refractivity contribution < 1.29 is 10.2 Å². The molecule has 1 saturated carbocycles. The molecule has 1 aliphatic carbocycles. The van der Waals surface area contributed by atoms with Gasteiger partial charge in [0.05, 0.1) is 12.7 Å². The van der Waals surface area contributed by atoms with Gasteiger partial charge in [-0.2, -0.15) is 0 Å². The largest absolute Gasteiger partial charge is 0.394 e. The lowest BCUT2D eigenvalue weighted by molar-refractivity contribution is 0.0710. The van der Waals surface area contributed by atoms with Gasteiger partial charge in [0.1, 0.15) is 0 Å². The first-order valence-corrected chi connectivity index (χ1v) is 3.74. The van der Waals surface area contributed by atoms with E-state index >= 15 is 0 Å². The summed E-state index contributed by atoms with van der Waals surface area (Å²) in [5, 5.41) is 17.9. The normalized spacial score (nSPS) is 41.7. The van der Waals surface area contributed by atoms with Crippen molar-refractivity contribution in [2.45, 2.75) is 37.3 Å². The summed E-state index contributed by atoms with van der Waals surface area (Å²) in [7, 11) is 0. The molecule has 0 unspecified atom stereocenters. The molecule has 0 amide bonds. The van der Waals surface area contributed by atoms with Crippen LogP contribution in [0.3, 0.4) is 0 Å². The number of hydrogen-bond donors (Lipinski definition) is 3. The minimum atomic E-state index is -0.404. The molecule has 0 atom stereocenters. The minimum absolute atomic E-state index is 0.0414. The number of aliphatic hydroxyl groups is 2. The van der Waals surface area contributed by atoms with E-state index in [2.05, 4.69) is 0 Å². The van der Waals surface area contributed by atoms with Gasteiger partial charge >= 0.3 is 0 Å². The van der Waals surface area contributed by atoms with Gasteiger partial charge in [-0.15, -0.1) is 0 Å². The van der Waals surface area contributed by atoms with Crippen LogP contribution in [0.15, 0.2) is 0 Å². The van der Waals surface area contributed by atoms with Crippen molar-refractivity contribution in [2.75, 3.05) is 6.61 Å². The zero-order valence-electron chi connectivity index (χ0n) is 6.08. The van der Waals surface area contributed by atoms with Crippen molar-refractivity contribution >= 4 is 0 Å². The van der Waals surface area contributed by atoms with E-state index in [0.717, 1.165) is 25.7 Å². The molecule has 1 rings (SSSR count). The van der Waals surface area contributed by atoms with Gasteiger partial charge in [0.15, 0.2) is 0 Å². The van der Waals surface area contributed by atoms with E-state index in [1.54, 1.807) is 0 Å². The van der Waals surface area contributed by atoms with Crippen LogP contribution in [0.5, 0.6) is 0 Å². The molecule has 0 bridgehead atoms. The average Bonchev–Trinajstić information content (AvgIpc) is 1.96.